The molecular weight excluding hydrogens is 506 g/mol. The zero-order valence-electron chi connectivity index (χ0n) is 21.5. The molecule has 0 aliphatic carbocycles. The quantitative estimate of drug-likeness (QED) is 0.345. The SMILES string of the molecule is COc1ccc(CN(C(=O)CN(Cc2ccccc2)S(C)(=O)=O)C(C(=O)NCCO)c2ccccc2)cc1. The molecule has 2 amide bonds. The molecule has 0 spiro atoms. The molecule has 0 heterocycles. The molecule has 0 fully saturated rings. The first-order valence-corrected chi connectivity index (χ1v) is 13.9. The molecule has 1 atom stereocenters. The summed E-state index contributed by atoms with van der Waals surface area (Å²) in [6.45, 7) is -0.665. The van der Waals surface area contributed by atoms with Crippen LogP contribution >= 0.6 is 0 Å². The van der Waals surface area contributed by atoms with Gasteiger partial charge in [-0.15, -0.1) is 0 Å². The Balaban J connectivity index is 2.01. The molecule has 202 valence electrons. The maximum Gasteiger partial charge on any atom is 0.247 e. The highest BCUT2D eigenvalue weighted by atomic mass is 32.2. The normalized spacial score (nSPS) is 12.1. The zero-order chi connectivity index (χ0) is 27.5. The standard InChI is InChI=1S/C28H33N3O6S/c1-37-25-15-13-23(14-16-25)20-31(27(28(34)29-17-18-32)24-11-7-4-8-12-24)26(33)21-30(38(2,35)36)19-22-9-5-3-6-10-22/h3-16,27,32H,17-21H2,1-2H3,(H,29,34). The Kier molecular flexibility index (Phi) is 10.4. The predicted molar refractivity (Wildman–Crippen MR) is 145 cm³/mol. The van der Waals surface area contributed by atoms with E-state index >= 15 is 0 Å². The fourth-order valence-corrected chi connectivity index (χ4v) is 4.68. The summed E-state index contributed by atoms with van der Waals surface area (Å²) in [7, 11) is -2.21. The van der Waals surface area contributed by atoms with Crippen LogP contribution < -0.4 is 10.1 Å². The van der Waals surface area contributed by atoms with Crippen molar-refractivity contribution < 1.29 is 27.9 Å². The summed E-state index contributed by atoms with van der Waals surface area (Å²) < 4.78 is 31.7. The number of methoxy groups -OCH3 is 1. The van der Waals surface area contributed by atoms with Crippen molar-refractivity contribution in [2.75, 3.05) is 33.1 Å². The summed E-state index contributed by atoms with van der Waals surface area (Å²) in [5.74, 6) is -0.394. The Morgan fingerprint density at radius 1 is 0.895 bits per heavy atom. The Labute approximate surface area is 223 Å². The van der Waals surface area contributed by atoms with Crippen molar-refractivity contribution in [2.45, 2.75) is 19.1 Å². The van der Waals surface area contributed by atoms with Gasteiger partial charge < -0.3 is 20.1 Å². The van der Waals surface area contributed by atoms with Gasteiger partial charge in [-0.1, -0.05) is 72.8 Å². The van der Waals surface area contributed by atoms with Gasteiger partial charge in [0, 0.05) is 19.6 Å². The van der Waals surface area contributed by atoms with Crippen molar-refractivity contribution >= 4 is 21.8 Å². The van der Waals surface area contributed by atoms with E-state index in [-0.39, 0.29) is 26.2 Å². The van der Waals surface area contributed by atoms with Crippen molar-refractivity contribution in [1.29, 1.82) is 0 Å². The molecule has 0 aromatic heterocycles. The molecule has 1 unspecified atom stereocenters. The highest BCUT2D eigenvalue weighted by Gasteiger charge is 2.33. The average Bonchev–Trinajstić information content (AvgIpc) is 2.92. The van der Waals surface area contributed by atoms with E-state index in [4.69, 9.17) is 4.74 Å². The molecule has 0 radical (unpaired) electrons. The minimum atomic E-state index is -3.76. The number of carbonyl (C=O) groups excluding carboxylic acids is 2. The number of hydrogen-bond acceptors (Lipinski definition) is 6. The molecule has 10 heteroatoms. The number of nitrogens with one attached hydrogen (secondary N) is 1. The first-order valence-electron chi connectivity index (χ1n) is 12.1. The molecule has 38 heavy (non-hydrogen) atoms. The third kappa shape index (κ3) is 8.14. The summed E-state index contributed by atoms with van der Waals surface area (Å²) in [5.41, 5.74) is 2.01. The molecule has 3 aromatic carbocycles. The molecule has 3 aromatic rings. The first kappa shape index (κ1) is 28.8. The highest BCUT2D eigenvalue weighted by molar-refractivity contribution is 7.88. The molecule has 0 saturated heterocycles. The summed E-state index contributed by atoms with van der Waals surface area (Å²) in [4.78, 5) is 28.6. The maximum absolute atomic E-state index is 13.9. The van der Waals surface area contributed by atoms with Gasteiger partial charge in [-0.25, -0.2) is 8.42 Å². The van der Waals surface area contributed by atoms with Gasteiger partial charge in [-0.3, -0.25) is 9.59 Å². The lowest BCUT2D eigenvalue weighted by Crippen LogP contribution is -2.48. The van der Waals surface area contributed by atoms with Crippen LogP contribution in [0, 0.1) is 0 Å². The van der Waals surface area contributed by atoms with Gasteiger partial charge >= 0.3 is 0 Å². The van der Waals surface area contributed by atoms with Gasteiger partial charge in [0.15, 0.2) is 0 Å². The van der Waals surface area contributed by atoms with Crippen molar-refractivity contribution in [3.05, 3.63) is 102 Å². The second-order valence-corrected chi connectivity index (χ2v) is 10.7. The van der Waals surface area contributed by atoms with Crippen molar-refractivity contribution in [3.8, 4) is 5.75 Å². The molecule has 9 nitrogen and oxygen atoms in total. The molecule has 0 aliphatic heterocycles. The molecular formula is C28H33N3O6S. The van der Waals surface area contributed by atoms with Crippen molar-refractivity contribution in [2.24, 2.45) is 0 Å². The molecule has 0 bridgehead atoms. The second-order valence-electron chi connectivity index (χ2n) is 8.71. The lowest BCUT2D eigenvalue weighted by atomic mass is 10.0. The number of hydrogen-bond donors (Lipinski definition) is 2. The first-order chi connectivity index (χ1) is 18.2. The van der Waals surface area contributed by atoms with E-state index in [1.165, 1.54) is 4.90 Å². The number of aliphatic hydroxyl groups excluding tert-OH is 1. The Hall–Kier alpha value is -3.73. The number of sulfonamides is 1. The third-order valence-corrected chi connectivity index (χ3v) is 7.10. The summed E-state index contributed by atoms with van der Waals surface area (Å²) in [6.07, 6.45) is 1.06. The van der Waals surface area contributed by atoms with E-state index < -0.39 is 34.4 Å². The highest BCUT2D eigenvalue weighted by Crippen LogP contribution is 2.25. The number of benzene rings is 3. The van der Waals surface area contributed by atoms with E-state index in [0.29, 0.717) is 11.3 Å². The van der Waals surface area contributed by atoms with E-state index in [2.05, 4.69) is 5.32 Å². The molecule has 3 rings (SSSR count). The lowest BCUT2D eigenvalue weighted by molar-refractivity contribution is -0.141. The van der Waals surface area contributed by atoms with Gasteiger partial charge in [0.1, 0.15) is 11.8 Å². The molecule has 2 N–H and O–H groups in total. The van der Waals surface area contributed by atoms with E-state index in [1.54, 1.807) is 86.0 Å². The Morgan fingerprint density at radius 2 is 1.47 bits per heavy atom. The van der Waals surface area contributed by atoms with E-state index in [0.717, 1.165) is 21.7 Å². The number of carbonyl (C=O) groups is 2. The van der Waals surface area contributed by atoms with Crippen molar-refractivity contribution in [3.63, 3.8) is 0 Å². The number of ether oxygens (including phenoxy) is 1. The molecule has 0 aliphatic rings. The number of amides is 2. The number of nitrogens with zero attached hydrogens (tertiary/aromatic N) is 2. The van der Waals surface area contributed by atoms with Crippen LogP contribution in [0.4, 0.5) is 0 Å². The topological polar surface area (TPSA) is 116 Å². The Morgan fingerprint density at radius 3 is 2.03 bits per heavy atom. The van der Waals surface area contributed by atoms with Gasteiger partial charge in [0.2, 0.25) is 21.8 Å². The monoisotopic (exact) mass is 539 g/mol. The van der Waals surface area contributed by atoms with Crippen LogP contribution in [0.1, 0.15) is 22.7 Å². The van der Waals surface area contributed by atoms with Crippen LogP contribution in [-0.4, -0.2) is 67.6 Å². The van der Waals surface area contributed by atoms with Gasteiger partial charge in [-0.2, -0.15) is 4.31 Å². The van der Waals surface area contributed by atoms with Crippen LogP contribution in [0.15, 0.2) is 84.9 Å². The van der Waals surface area contributed by atoms with Crippen LogP contribution in [0.25, 0.3) is 0 Å². The lowest BCUT2D eigenvalue weighted by Gasteiger charge is -2.33. The minimum Gasteiger partial charge on any atom is -0.497 e. The minimum absolute atomic E-state index is 0.00843. The third-order valence-electron chi connectivity index (χ3n) is 5.90. The summed E-state index contributed by atoms with van der Waals surface area (Å²) >= 11 is 0. The maximum atomic E-state index is 13.9. The molecule has 0 saturated carbocycles. The average molecular weight is 540 g/mol. The number of aliphatic hydroxyl groups is 1. The summed E-state index contributed by atoms with van der Waals surface area (Å²) in [5, 5.41) is 11.9. The Bertz CT molecular complexity index is 1290. The fraction of sp³-hybridized carbons (Fsp3) is 0.286. The largest absolute Gasteiger partial charge is 0.497 e. The van der Waals surface area contributed by atoms with Crippen LogP contribution in [-0.2, 0) is 32.7 Å². The van der Waals surface area contributed by atoms with E-state index in [1.807, 2.05) is 6.07 Å². The van der Waals surface area contributed by atoms with Crippen LogP contribution in [0.3, 0.4) is 0 Å². The smallest absolute Gasteiger partial charge is 0.247 e. The zero-order valence-corrected chi connectivity index (χ0v) is 22.3. The number of rotatable bonds is 13. The van der Waals surface area contributed by atoms with Crippen LogP contribution in [0.5, 0.6) is 5.75 Å². The van der Waals surface area contributed by atoms with Crippen molar-refractivity contribution in [1.82, 2.24) is 14.5 Å². The van der Waals surface area contributed by atoms with E-state index in [9.17, 15) is 23.1 Å². The fourth-order valence-electron chi connectivity index (χ4n) is 3.95. The van der Waals surface area contributed by atoms with Gasteiger partial charge in [0.05, 0.1) is 26.5 Å². The van der Waals surface area contributed by atoms with Gasteiger partial charge in [-0.05, 0) is 28.8 Å². The second kappa shape index (κ2) is 13.7. The summed E-state index contributed by atoms with van der Waals surface area (Å²) in [6, 6.07) is 23.8. The predicted octanol–water partition coefficient (Wildman–Crippen LogP) is 2.34. The van der Waals surface area contributed by atoms with Gasteiger partial charge in [0.25, 0.3) is 0 Å². The van der Waals surface area contributed by atoms with Crippen LogP contribution in [0.2, 0.25) is 0 Å².